The van der Waals surface area contributed by atoms with Crippen molar-refractivity contribution in [3.8, 4) is 0 Å². The van der Waals surface area contributed by atoms with Crippen LogP contribution in [0, 0.1) is 0 Å². The van der Waals surface area contributed by atoms with Gasteiger partial charge in [0.05, 0.1) is 5.56 Å². The molecule has 0 aliphatic heterocycles. The van der Waals surface area contributed by atoms with E-state index in [1.54, 1.807) is 6.07 Å². The zero-order chi connectivity index (χ0) is 12.2. The average molecular weight is 231 g/mol. The zero-order valence-corrected chi connectivity index (χ0v) is 8.77. The molecule has 0 bridgehead atoms. The highest BCUT2D eigenvalue weighted by molar-refractivity contribution is 5.72. The summed E-state index contributed by atoms with van der Waals surface area (Å²) in [6.45, 7) is 1.54. The highest BCUT2D eigenvalue weighted by Gasteiger charge is 2.32. The molecule has 1 rings (SSSR count). The molecule has 1 N–H and O–H groups in total. The minimum atomic E-state index is -4.34. The minimum Gasteiger partial charge on any atom is -0.356 e. The molecule has 0 saturated carbocycles. The molecule has 0 aromatic heterocycles. The van der Waals surface area contributed by atoms with Crippen LogP contribution in [-0.4, -0.2) is 12.5 Å². The van der Waals surface area contributed by atoms with E-state index in [1.807, 2.05) is 0 Å². The summed E-state index contributed by atoms with van der Waals surface area (Å²) in [5.74, 6) is -0.246. The Balaban J connectivity index is 2.76. The Hall–Kier alpha value is -1.52. The molecule has 5 heteroatoms. The van der Waals surface area contributed by atoms with Gasteiger partial charge in [0, 0.05) is 13.5 Å². The monoisotopic (exact) mass is 231 g/mol. The Kier molecular flexibility index (Phi) is 3.93. The van der Waals surface area contributed by atoms with E-state index < -0.39 is 11.7 Å². The number of carbonyl (C=O) groups is 1. The van der Waals surface area contributed by atoms with Crippen molar-refractivity contribution in [2.24, 2.45) is 0 Å². The van der Waals surface area contributed by atoms with E-state index in [9.17, 15) is 18.0 Å². The van der Waals surface area contributed by atoms with E-state index in [4.69, 9.17) is 0 Å². The van der Waals surface area contributed by atoms with Crippen molar-refractivity contribution in [2.45, 2.75) is 19.5 Å². The van der Waals surface area contributed by atoms with Gasteiger partial charge in [0.15, 0.2) is 0 Å². The van der Waals surface area contributed by atoms with Crippen LogP contribution in [0.3, 0.4) is 0 Å². The van der Waals surface area contributed by atoms with Crippen LogP contribution in [0.5, 0.6) is 0 Å². The Labute approximate surface area is 91.5 Å². The van der Waals surface area contributed by atoms with Crippen molar-refractivity contribution in [2.75, 3.05) is 6.54 Å². The van der Waals surface area contributed by atoms with Gasteiger partial charge in [-0.15, -0.1) is 0 Å². The first-order chi connectivity index (χ1) is 7.41. The summed E-state index contributed by atoms with van der Waals surface area (Å²) >= 11 is 0. The highest BCUT2D eigenvalue weighted by Crippen LogP contribution is 2.31. The summed E-state index contributed by atoms with van der Waals surface area (Å²) in [7, 11) is 0. The Bertz CT molecular complexity index is 374. The number of hydrogen-bond donors (Lipinski definition) is 1. The van der Waals surface area contributed by atoms with Crippen LogP contribution in [0.15, 0.2) is 24.3 Å². The molecule has 0 fully saturated rings. The molecule has 0 aliphatic rings. The van der Waals surface area contributed by atoms with Gasteiger partial charge in [0.25, 0.3) is 0 Å². The molecular weight excluding hydrogens is 219 g/mol. The largest absolute Gasteiger partial charge is 0.416 e. The standard InChI is InChI=1S/C11H12F3NO/c1-8(16)15-7-6-9-4-2-3-5-10(9)11(12,13)14/h2-5H,6-7H2,1H3,(H,15,16). The molecular formula is C11H12F3NO. The molecule has 0 unspecified atom stereocenters. The Morgan fingerprint density at radius 2 is 1.94 bits per heavy atom. The van der Waals surface area contributed by atoms with Crippen molar-refractivity contribution >= 4 is 5.91 Å². The van der Waals surface area contributed by atoms with E-state index in [0.717, 1.165) is 6.07 Å². The maximum Gasteiger partial charge on any atom is 0.416 e. The van der Waals surface area contributed by atoms with Crippen LogP contribution >= 0.6 is 0 Å². The SMILES string of the molecule is CC(=O)NCCc1ccccc1C(F)(F)F. The van der Waals surface area contributed by atoms with Crippen LogP contribution in [-0.2, 0) is 17.4 Å². The van der Waals surface area contributed by atoms with Gasteiger partial charge in [-0.05, 0) is 18.1 Å². The zero-order valence-electron chi connectivity index (χ0n) is 8.77. The average Bonchev–Trinajstić information content (AvgIpc) is 2.16. The topological polar surface area (TPSA) is 29.1 Å². The van der Waals surface area contributed by atoms with Crippen molar-refractivity contribution in [1.29, 1.82) is 0 Å². The normalized spacial score (nSPS) is 11.2. The lowest BCUT2D eigenvalue weighted by Gasteiger charge is -2.12. The molecule has 0 saturated heterocycles. The molecule has 0 spiro atoms. The number of carbonyl (C=O) groups excluding carboxylic acids is 1. The second-order valence-electron chi connectivity index (χ2n) is 3.39. The molecule has 1 aromatic rings. The Morgan fingerprint density at radius 3 is 2.50 bits per heavy atom. The second-order valence-corrected chi connectivity index (χ2v) is 3.39. The lowest BCUT2D eigenvalue weighted by atomic mass is 10.0. The van der Waals surface area contributed by atoms with Crippen LogP contribution in [0.1, 0.15) is 18.1 Å². The van der Waals surface area contributed by atoms with Gasteiger partial charge in [0.1, 0.15) is 0 Å². The van der Waals surface area contributed by atoms with Crippen LogP contribution < -0.4 is 5.32 Å². The second kappa shape index (κ2) is 5.01. The number of amides is 1. The van der Waals surface area contributed by atoms with Crippen molar-refractivity contribution in [3.05, 3.63) is 35.4 Å². The van der Waals surface area contributed by atoms with Gasteiger partial charge >= 0.3 is 6.18 Å². The van der Waals surface area contributed by atoms with E-state index in [2.05, 4.69) is 5.32 Å². The van der Waals surface area contributed by atoms with Gasteiger partial charge in [0.2, 0.25) is 5.91 Å². The Morgan fingerprint density at radius 1 is 1.31 bits per heavy atom. The smallest absolute Gasteiger partial charge is 0.356 e. The highest BCUT2D eigenvalue weighted by atomic mass is 19.4. The fourth-order valence-corrected chi connectivity index (χ4v) is 1.39. The predicted molar refractivity (Wildman–Crippen MR) is 53.8 cm³/mol. The molecule has 0 atom stereocenters. The fraction of sp³-hybridized carbons (Fsp3) is 0.364. The quantitative estimate of drug-likeness (QED) is 0.850. The number of alkyl halides is 3. The van der Waals surface area contributed by atoms with Crippen LogP contribution in [0.2, 0.25) is 0 Å². The summed E-state index contributed by atoms with van der Waals surface area (Å²) in [5.41, 5.74) is -0.441. The van der Waals surface area contributed by atoms with Gasteiger partial charge in [-0.2, -0.15) is 13.2 Å². The molecule has 88 valence electrons. The summed E-state index contributed by atoms with van der Waals surface area (Å²) < 4.78 is 37.6. The molecule has 0 aliphatic carbocycles. The first-order valence-corrected chi connectivity index (χ1v) is 4.81. The summed E-state index contributed by atoms with van der Waals surface area (Å²) in [4.78, 5) is 10.6. The number of rotatable bonds is 3. The molecule has 0 radical (unpaired) electrons. The van der Waals surface area contributed by atoms with Crippen LogP contribution in [0.25, 0.3) is 0 Å². The minimum absolute atomic E-state index is 0.176. The number of nitrogens with one attached hydrogen (secondary N) is 1. The molecule has 2 nitrogen and oxygen atoms in total. The fourth-order valence-electron chi connectivity index (χ4n) is 1.39. The van der Waals surface area contributed by atoms with Gasteiger partial charge in [-0.25, -0.2) is 0 Å². The number of halogens is 3. The van der Waals surface area contributed by atoms with E-state index in [1.165, 1.54) is 19.1 Å². The van der Waals surface area contributed by atoms with E-state index >= 15 is 0 Å². The third-order valence-electron chi connectivity index (χ3n) is 2.09. The lowest BCUT2D eigenvalue weighted by Crippen LogP contribution is -2.23. The van der Waals surface area contributed by atoms with Crippen molar-refractivity contribution in [1.82, 2.24) is 5.32 Å². The van der Waals surface area contributed by atoms with Crippen LogP contribution in [0.4, 0.5) is 13.2 Å². The summed E-state index contributed by atoms with van der Waals surface area (Å²) in [6, 6.07) is 5.37. The lowest BCUT2D eigenvalue weighted by molar-refractivity contribution is -0.138. The predicted octanol–water partition coefficient (Wildman–Crippen LogP) is 2.38. The first kappa shape index (κ1) is 12.5. The van der Waals surface area contributed by atoms with Crippen molar-refractivity contribution < 1.29 is 18.0 Å². The molecule has 0 heterocycles. The third kappa shape index (κ3) is 3.56. The van der Waals surface area contributed by atoms with Gasteiger partial charge in [-0.1, -0.05) is 18.2 Å². The number of benzene rings is 1. The first-order valence-electron chi connectivity index (χ1n) is 4.81. The van der Waals surface area contributed by atoms with E-state index in [-0.39, 0.29) is 24.4 Å². The van der Waals surface area contributed by atoms with E-state index in [0.29, 0.717) is 0 Å². The van der Waals surface area contributed by atoms with Crippen molar-refractivity contribution in [3.63, 3.8) is 0 Å². The summed E-state index contributed by atoms with van der Waals surface area (Å²) in [6.07, 6.45) is -4.16. The molecule has 1 aromatic carbocycles. The third-order valence-corrected chi connectivity index (χ3v) is 2.09. The van der Waals surface area contributed by atoms with Gasteiger partial charge in [-0.3, -0.25) is 4.79 Å². The molecule has 1 amide bonds. The maximum atomic E-state index is 12.5. The molecule has 16 heavy (non-hydrogen) atoms. The summed E-state index contributed by atoms with van der Waals surface area (Å²) in [5, 5.41) is 2.47. The van der Waals surface area contributed by atoms with Gasteiger partial charge < -0.3 is 5.32 Å². The maximum absolute atomic E-state index is 12.5. The number of hydrogen-bond acceptors (Lipinski definition) is 1.